The quantitative estimate of drug-likeness (QED) is 0.656. The Morgan fingerprint density at radius 1 is 1.10 bits per heavy atom. The second-order valence-electron chi connectivity index (χ2n) is 4.70. The molecule has 3 rings (SSSR count). The molecule has 3 aromatic rings. The van der Waals surface area contributed by atoms with Gasteiger partial charge in [0.15, 0.2) is 0 Å². The van der Waals surface area contributed by atoms with Crippen LogP contribution in [0, 0.1) is 6.92 Å². The number of hydrogen-bond donors (Lipinski definition) is 1. The third-order valence-electron chi connectivity index (χ3n) is 3.34. The minimum absolute atomic E-state index is 0.00197. The maximum Gasteiger partial charge on any atom is 0.416 e. The Bertz CT molecular complexity index is 788. The minimum Gasteiger partial charge on any atom is -0.338 e. The monoisotopic (exact) mass is 310 g/mol. The maximum atomic E-state index is 12.8. The number of rotatable bonds is 1. The topological polar surface area (TPSA) is 28.7 Å². The van der Waals surface area contributed by atoms with Crippen molar-refractivity contribution >= 4 is 22.6 Å². The Morgan fingerprint density at radius 2 is 1.81 bits per heavy atom. The molecule has 0 fully saturated rings. The van der Waals surface area contributed by atoms with Crippen LogP contribution in [0.3, 0.4) is 0 Å². The fourth-order valence-corrected chi connectivity index (χ4v) is 2.51. The Balaban J connectivity index is 2.17. The zero-order valence-electron chi connectivity index (χ0n) is 10.9. The van der Waals surface area contributed by atoms with Crippen molar-refractivity contribution in [1.29, 1.82) is 0 Å². The first-order chi connectivity index (χ1) is 9.88. The highest BCUT2D eigenvalue weighted by Crippen LogP contribution is 2.38. The standard InChI is InChI=1S/C15H10ClF3N2/c1-8-10(15(17,18)19)7-6-9(13(8)16)14-20-11-4-2-3-5-12(11)21-14/h2-7H,1H3,(H,20,21). The highest BCUT2D eigenvalue weighted by Gasteiger charge is 2.33. The van der Waals surface area contributed by atoms with Crippen LogP contribution in [-0.4, -0.2) is 9.97 Å². The van der Waals surface area contributed by atoms with E-state index in [-0.39, 0.29) is 10.6 Å². The number of para-hydroxylation sites is 2. The summed E-state index contributed by atoms with van der Waals surface area (Å²) in [5.41, 5.74) is 1.27. The van der Waals surface area contributed by atoms with E-state index in [0.717, 1.165) is 17.1 Å². The normalized spacial score (nSPS) is 12.0. The summed E-state index contributed by atoms with van der Waals surface area (Å²) in [4.78, 5) is 7.42. The van der Waals surface area contributed by atoms with Crippen LogP contribution in [0.25, 0.3) is 22.4 Å². The van der Waals surface area contributed by atoms with Crippen molar-refractivity contribution in [3.05, 3.63) is 52.5 Å². The number of nitrogens with one attached hydrogen (secondary N) is 1. The van der Waals surface area contributed by atoms with Crippen LogP contribution in [0.4, 0.5) is 13.2 Å². The first kappa shape index (κ1) is 13.9. The van der Waals surface area contributed by atoms with Crippen molar-refractivity contribution in [3.63, 3.8) is 0 Å². The summed E-state index contributed by atoms with van der Waals surface area (Å²) < 4.78 is 38.5. The Labute approximate surface area is 123 Å². The van der Waals surface area contributed by atoms with Gasteiger partial charge in [0.05, 0.1) is 21.6 Å². The lowest BCUT2D eigenvalue weighted by atomic mass is 10.0. The third-order valence-corrected chi connectivity index (χ3v) is 3.82. The van der Waals surface area contributed by atoms with Crippen LogP contribution in [0.15, 0.2) is 36.4 Å². The Morgan fingerprint density at radius 3 is 2.48 bits per heavy atom. The van der Waals surface area contributed by atoms with Gasteiger partial charge in [0, 0.05) is 5.56 Å². The lowest BCUT2D eigenvalue weighted by Crippen LogP contribution is -2.08. The zero-order valence-corrected chi connectivity index (χ0v) is 11.7. The van der Waals surface area contributed by atoms with Crippen LogP contribution < -0.4 is 0 Å². The van der Waals surface area contributed by atoms with Crippen molar-refractivity contribution < 1.29 is 13.2 Å². The van der Waals surface area contributed by atoms with E-state index in [2.05, 4.69) is 9.97 Å². The Kier molecular flexibility index (Phi) is 3.17. The van der Waals surface area contributed by atoms with Gasteiger partial charge in [-0.2, -0.15) is 13.2 Å². The summed E-state index contributed by atoms with van der Waals surface area (Å²) in [7, 11) is 0. The van der Waals surface area contributed by atoms with E-state index in [0.29, 0.717) is 11.4 Å². The number of aromatic nitrogens is 2. The van der Waals surface area contributed by atoms with E-state index in [4.69, 9.17) is 11.6 Å². The summed E-state index contributed by atoms with van der Waals surface area (Å²) in [5, 5.41) is 0.0591. The van der Waals surface area contributed by atoms with E-state index in [1.54, 1.807) is 0 Å². The van der Waals surface area contributed by atoms with Gasteiger partial charge in [-0.3, -0.25) is 0 Å². The van der Waals surface area contributed by atoms with Crippen LogP contribution in [0.5, 0.6) is 0 Å². The van der Waals surface area contributed by atoms with Crippen LogP contribution in [-0.2, 0) is 6.18 Å². The van der Waals surface area contributed by atoms with Crippen molar-refractivity contribution in [3.8, 4) is 11.4 Å². The summed E-state index contributed by atoms with van der Waals surface area (Å²) in [6.45, 7) is 1.36. The predicted molar refractivity (Wildman–Crippen MR) is 76.3 cm³/mol. The van der Waals surface area contributed by atoms with Gasteiger partial charge in [-0.25, -0.2) is 4.98 Å². The molecule has 21 heavy (non-hydrogen) atoms. The van der Waals surface area contributed by atoms with Crippen LogP contribution >= 0.6 is 11.6 Å². The zero-order chi connectivity index (χ0) is 15.2. The van der Waals surface area contributed by atoms with Gasteiger partial charge < -0.3 is 4.98 Å². The molecule has 0 aliphatic rings. The molecule has 1 heterocycles. The average molecular weight is 311 g/mol. The molecule has 0 saturated heterocycles. The number of hydrogen-bond acceptors (Lipinski definition) is 1. The SMILES string of the molecule is Cc1c(C(F)(F)F)ccc(-c2nc3ccccc3[nH]2)c1Cl. The van der Waals surface area contributed by atoms with E-state index in [1.807, 2.05) is 24.3 Å². The molecule has 0 atom stereocenters. The minimum atomic E-state index is -4.42. The van der Waals surface area contributed by atoms with Gasteiger partial charge in [0.2, 0.25) is 0 Å². The Hall–Kier alpha value is -2.01. The molecule has 2 nitrogen and oxygen atoms in total. The van der Waals surface area contributed by atoms with Crippen molar-refractivity contribution in [2.45, 2.75) is 13.1 Å². The van der Waals surface area contributed by atoms with Crippen molar-refractivity contribution in [2.24, 2.45) is 0 Å². The number of H-pyrrole nitrogens is 1. The lowest BCUT2D eigenvalue weighted by Gasteiger charge is -2.13. The average Bonchev–Trinajstić information content (AvgIpc) is 2.83. The van der Waals surface area contributed by atoms with Gasteiger partial charge in [0.1, 0.15) is 5.82 Å². The second kappa shape index (κ2) is 4.77. The van der Waals surface area contributed by atoms with Crippen LogP contribution in [0.1, 0.15) is 11.1 Å². The number of nitrogens with zero attached hydrogens (tertiary/aromatic N) is 1. The van der Waals surface area contributed by atoms with Gasteiger partial charge in [0.25, 0.3) is 0 Å². The molecule has 0 spiro atoms. The number of benzene rings is 2. The number of halogens is 4. The molecule has 6 heteroatoms. The lowest BCUT2D eigenvalue weighted by molar-refractivity contribution is -0.138. The molecule has 1 aromatic heterocycles. The van der Waals surface area contributed by atoms with Gasteiger partial charge >= 0.3 is 6.18 Å². The molecular formula is C15H10ClF3N2. The molecule has 1 N–H and O–H groups in total. The maximum absolute atomic E-state index is 12.8. The smallest absolute Gasteiger partial charge is 0.338 e. The van der Waals surface area contributed by atoms with Crippen molar-refractivity contribution in [1.82, 2.24) is 9.97 Å². The highest BCUT2D eigenvalue weighted by atomic mass is 35.5. The molecule has 2 aromatic carbocycles. The fourth-order valence-electron chi connectivity index (χ4n) is 2.26. The molecular weight excluding hydrogens is 301 g/mol. The van der Waals surface area contributed by atoms with Gasteiger partial charge in [-0.05, 0) is 36.8 Å². The molecule has 108 valence electrons. The number of alkyl halides is 3. The van der Waals surface area contributed by atoms with Gasteiger partial charge in [-0.15, -0.1) is 0 Å². The molecule has 0 aliphatic heterocycles. The molecule has 0 unspecified atom stereocenters. The number of fused-ring (bicyclic) bond motifs is 1. The predicted octanol–water partition coefficient (Wildman–Crippen LogP) is 5.21. The fraction of sp³-hybridized carbons (Fsp3) is 0.133. The second-order valence-corrected chi connectivity index (χ2v) is 5.08. The van der Waals surface area contributed by atoms with Crippen molar-refractivity contribution in [2.75, 3.05) is 0 Å². The van der Waals surface area contributed by atoms with E-state index >= 15 is 0 Å². The summed E-state index contributed by atoms with van der Waals surface area (Å²) >= 11 is 6.11. The van der Waals surface area contributed by atoms with E-state index in [9.17, 15) is 13.2 Å². The first-order valence-electron chi connectivity index (χ1n) is 6.19. The largest absolute Gasteiger partial charge is 0.416 e. The number of imidazole rings is 1. The number of aromatic amines is 1. The summed E-state index contributed by atoms with van der Waals surface area (Å²) in [6.07, 6.45) is -4.42. The van der Waals surface area contributed by atoms with E-state index in [1.165, 1.54) is 13.0 Å². The first-order valence-corrected chi connectivity index (χ1v) is 6.57. The summed E-state index contributed by atoms with van der Waals surface area (Å²) in [5.74, 6) is 0.457. The van der Waals surface area contributed by atoms with Gasteiger partial charge in [-0.1, -0.05) is 23.7 Å². The molecule has 0 bridgehead atoms. The highest BCUT2D eigenvalue weighted by molar-refractivity contribution is 6.34. The van der Waals surface area contributed by atoms with Crippen LogP contribution in [0.2, 0.25) is 5.02 Å². The molecule has 0 aliphatic carbocycles. The molecule has 0 radical (unpaired) electrons. The molecule has 0 saturated carbocycles. The third kappa shape index (κ3) is 2.38. The van der Waals surface area contributed by atoms with E-state index < -0.39 is 11.7 Å². The molecule has 0 amide bonds. The summed E-state index contributed by atoms with van der Waals surface area (Å²) in [6, 6.07) is 9.73.